The van der Waals surface area contributed by atoms with E-state index in [0.717, 1.165) is 29.1 Å². The van der Waals surface area contributed by atoms with E-state index >= 15 is 0 Å². The minimum absolute atomic E-state index is 0.254. The molecule has 0 aromatic carbocycles. The number of amides is 2. The van der Waals surface area contributed by atoms with Crippen LogP contribution in [0.15, 0.2) is 41.4 Å². The molecular formula is C23H26ClN5O3S. The van der Waals surface area contributed by atoms with Gasteiger partial charge >= 0.3 is 0 Å². The largest absolute Gasteiger partial charge is 0.379 e. The number of anilines is 2. The molecule has 3 aromatic rings. The molecule has 1 saturated carbocycles. The molecule has 174 valence electrons. The Morgan fingerprint density at radius 3 is 2.85 bits per heavy atom. The molecule has 10 heteroatoms. The van der Waals surface area contributed by atoms with Crippen LogP contribution >= 0.6 is 22.9 Å². The highest BCUT2D eigenvalue weighted by molar-refractivity contribution is 7.14. The number of aryl methyl sites for hydroxylation is 1. The maximum atomic E-state index is 13.0. The molecule has 33 heavy (non-hydrogen) atoms. The second-order valence-corrected chi connectivity index (χ2v) is 9.83. The molecule has 0 saturated heterocycles. The Morgan fingerprint density at radius 1 is 1.27 bits per heavy atom. The highest BCUT2D eigenvalue weighted by Crippen LogP contribution is 2.29. The summed E-state index contributed by atoms with van der Waals surface area (Å²) in [6.07, 6.45) is 9.52. The zero-order chi connectivity index (χ0) is 23.2. The number of hydrogen-bond donors (Lipinski definition) is 3. The second kappa shape index (κ2) is 10.8. The molecule has 3 N–H and O–H groups in total. The summed E-state index contributed by atoms with van der Waals surface area (Å²) in [7, 11) is 0. The van der Waals surface area contributed by atoms with Crippen LogP contribution in [0, 0.1) is 12.8 Å². The van der Waals surface area contributed by atoms with Gasteiger partial charge < -0.3 is 20.5 Å². The topological polar surface area (TPSA) is 109 Å². The van der Waals surface area contributed by atoms with Crippen LogP contribution in [-0.2, 0) is 11.3 Å². The van der Waals surface area contributed by atoms with Crippen molar-refractivity contribution < 1.29 is 14.1 Å². The number of halogens is 1. The van der Waals surface area contributed by atoms with Crippen LogP contribution in [0.4, 0.5) is 11.4 Å². The number of nitrogens with zero attached hydrogens (tertiary/aromatic N) is 2. The molecule has 0 unspecified atom stereocenters. The van der Waals surface area contributed by atoms with Crippen LogP contribution in [0.25, 0.3) is 0 Å². The summed E-state index contributed by atoms with van der Waals surface area (Å²) in [5, 5.41) is 13.2. The van der Waals surface area contributed by atoms with Gasteiger partial charge in [-0.3, -0.25) is 14.6 Å². The maximum absolute atomic E-state index is 13.0. The Labute approximate surface area is 201 Å². The predicted molar refractivity (Wildman–Crippen MR) is 129 cm³/mol. The highest BCUT2D eigenvalue weighted by Gasteiger charge is 2.27. The number of pyridine rings is 1. The van der Waals surface area contributed by atoms with E-state index < -0.39 is 6.04 Å². The van der Waals surface area contributed by atoms with E-state index in [9.17, 15) is 9.59 Å². The Hall–Kier alpha value is -2.91. The monoisotopic (exact) mass is 487 g/mol. The fourth-order valence-corrected chi connectivity index (χ4v) is 5.01. The number of aromatic nitrogens is 2. The third-order valence-corrected chi connectivity index (χ3v) is 7.05. The lowest BCUT2D eigenvalue weighted by atomic mass is 9.97. The van der Waals surface area contributed by atoms with E-state index in [0.29, 0.717) is 34.5 Å². The van der Waals surface area contributed by atoms with Gasteiger partial charge in [0.05, 0.1) is 27.5 Å². The van der Waals surface area contributed by atoms with Crippen LogP contribution in [-0.4, -0.2) is 28.0 Å². The van der Waals surface area contributed by atoms with E-state index in [1.54, 1.807) is 12.3 Å². The van der Waals surface area contributed by atoms with Gasteiger partial charge in [0.25, 0.3) is 5.91 Å². The third kappa shape index (κ3) is 6.33. The van der Waals surface area contributed by atoms with Gasteiger partial charge in [-0.2, -0.15) is 0 Å². The van der Waals surface area contributed by atoms with Gasteiger partial charge in [-0.25, -0.2) is 0 Å². The average Bonchev–Trinajstić information content (AvgIpc) is 3.57. The molecule has 4 rings (SSSR count). The lowest BCUT2D eigenvalue weighted by Crippen LogP contribution is -2.44. The summed E-state index contributed by atoms with van der Waals surface area (Å²) in [6.45, 7) is 2.45. The van der Waals surface area contributed by atoms with Crippen molar-refractivity contribution in [3.63, 3.8) is 0 Å². The third-order valence-electron chi connectivity index (χ3n) is 5.76. The first-order chi connectivity index (χ1) is 16.0. The number of thiophene rings is 1. The van der Waals surface area contributed by atoms with Crippen molar-refractivity contribution in [2.24, 2.45) is 5.92 Å². The molecule has 0 radical (unpaired) electrons. The van der Waals surface area contributed by atoms with Gasteiger partial charge in [0.2, 0.25) is 5.91 Å². The van der Waals surface area contributed by atoms with E-state index in [4.69, 9.17) is 16.1 Å². The minimum atomic E-state index is -0.626. The van der Waals surface area contributed by atoms with Gasteiger partial charge in [0, 0.05) is 17.6 Å². The number of carbonyl (C=O) groups is 2. The van der Waals surface area contributed by atoms with E-state index in [2.05, 4.69) is 26.1 Å². The van der Waals surface area contributed by atoms with Crippen molar-refractivity contribution in [3.05, 3.63) is 57.3 Å². The normalized spacial score (nSPS) is 14.7. The molecule has 3 aromatic heterocycles. The van der Waals surface area contributed by atoms with E-state index in [-0.39, 0.29) is 11.8 Å². The summed E-state index contributed by atoms with van der Waals surface area (Å²) in [4.78, 5) is 31.6. The fourth-order valence-electron chi connectivity index (χ4n) is 4.00. The fraction of sp³-hybridized carbons (Fsp3) is 0.391. The zero-order valence-electron chi connectivity index (χ0n) is 18.3. The Balaban J connectivity index is 1.39. The molecule has 0 bridgehead atoms. The number of nitrogens with one attached hydrogen (secondary N) is 3. The van der Waals surface area contributed by atoms with Gasteiger partial charge in [0.1, 0.15) is 18.0 Å². The first kappa shape index (κ1) is 23.3. The molecule has 0 aliphatic heterocycles. The van der Waals surface area contributed by atoms with Crippen LogP contribution in [0.2, 0.25) is 5.02 Å². The molecule has 8 nitrogen and oxygen atoms in total. The summed E-state index contributed by atoms with van der Waals surface area (Å²) in [5.41, 5.74) is 2.17. The summed E-state index contributed by atoms with van der Waals surface area (Å²) in [5.74, 6) is -0.0858. The van der Waals surface area contributed by atoms with Crippen molar-refractivity contribution in [1.29, 1.82) is 0 Å². The van der Waals surface area contributed by atoms with Crippen LogP contribution < -0.4 is 16.0 Å². The number of hydrogen-bond acceptors (Lipinski definition) is 7. The Kier molecular flexibility index (Phi) is 7.61. The van der Waals surface area contributed by atoms with Crippen molar-refractivity contribution in [3.8, 4) is 0 Å². The van der Waals surface area contributed by atoms with Crippen molar-refractivity contribution in [2.75, 3.05) is 10.6 Å². The Morgan fingerprint density at radius 2 is 2.09 bits per heavy atom. The molecule has 1 fully saturated rings. The lowest BCUT2D eigenvalue weighted by Gasteiger charge is -2.20. The smallest absolute Gasteiger partial charge is 0.262 e. The summed E-state index contributed by atoms with van der Waals surface area (Å²) < 4.78 is 4.78. The number of carbonyl (C=O) groups excluding carboxylic acids is 2. The standard InChI is InChI=1S/C23H26ClN5O3S/c1-14-19(9-16(24)10-25-14)26-12-18-6-7-21(33-18)23(31)29-20(8-15-4-2-3-5-15)22(30)28-17-11-27-32-13-17/h6-7,9-11,13,15,20,26H,2-5,8,12H2,1H3,(H,28,30)(H,29,31)/t20-/m0/s1. The van der Waals surface area contributed by atoms with Crippen LogP contribution in [0.5, 0.6) is 0 Å². The first-order valence-corrected chi connectivity index (χ1v) is 12.1. The van der Waals surface area contributed by atoms with E-state index in [1.165, 1.54) is 36.6 Å². The molecule has 1 atom stereocenters. The van der Waals surface area contributed by atoms with Crippen LogP contribution in [0.1, 0.15) is 52.3 Å². The lowest BCUT2D eigenvalue weighted by molar-refractivity contribution is -0.118. The summed E-state index contributed by atoms with van der Waals surface area (Å²) >= 11 is 7.42. The highest BCUT2D eigenvalue weighted by atomic mass is 35.5. The average molecular weight is 488 g/mol. The molecule has 1 aliphatic carbocycles. The van der Waals surface area contributed by atoms with Gasteiger partial charge in [-0.15, -0.1) is 11.3 Å². The number of rotatable bonds is 9. The van der Waals surface area contributed by atoms with Crippen molar-refractivity contribution in [1.82, 2.24) is 15.5 Å². The quantitative estimate of drug-likeness (QED) is 0.391. The predicted octanol–water partition coefficient (Wildman–Crippen LogP) is 5.02. The Bertz CT molecular complexity index is 1100. The SMILES string of the molecule is Cc1ncc(Cl)cc1NCc1ccc(C(=O)N[C@@H](CC2CCCC2)C(=O)Nc2cnoc2)s1. The van der Waals surface area contributed by atoms with E-state index in [1.807, 2.05) is 19.1 Å². The molecule has 2 amide bonds. The molecular weight excluding hydrogens is 462 g/mol. The zero-order valence-corrected chi connectivity index (χ0v) is 19.8. The van der Waals surface area contributed by atoms with Gasteiger partial charge in [0.15, 0.2) is 0 Å². The van der Waals surface area contributed by atoms with Gasteiger partial charge in [-0.1, -0.05) is 42.4 Å². The second-order valence-electron chi connectivity index (χ2n) is 8.22. The molecule has 0 spiro atoms. The molecule has 3 heterocycles. The first-order valence-electron chi connectivity index (χ1n) is 10.9. The molecule has 1 aliphatic rings. The van der Waals surface area contributed by atoms with Gasteiger partial charge in [-0.05, 0) is 37.5 Å². The van der Waals surface area contributed by atoms with Crippen molar-refractivity contribution >= 4 is 46.1 Å². The van der Waals surface area contributed by atoms with Crippen LogP contribution in [0.3, 0.4) is 0 Å². The summed E-state index contributed by atoms with van der Waals surface area (Å²) in [6, 6.07) is 4.89. The van der Waals surface area contributed by atoms with Crippen molar-refractivity contribution in [2.45, 2.75) is 51.6 Å². The minimum Gasteiger partial charge on any atom is -0.379 e. The maximum Gasteiger partial charge on any atom is 0.262 e.